The van der Waals surface area contributed by atoms with Crippen molar-refractivity contribution >= 4 is 5.91 Å². The SMILES string of the molecule is NC[C@@H]1CN(Cc2ccccc2)C[C@@H]1C(N)=O. The van der Waals surface area contributed by atoms with Crippen molar-refractivity contribution in [2.75, 3.05) is 19.6 Å². The highest BCUT2D eigenvalue weighted by molar-refractivity contribution is 5.77. The van der Waals surface area contributed by atoms with Gasteiger partial charge < -0.3 is 11.5 Å². The average Bonchev–Trinajstić information content (AvgIpc) is 2.73. The Bertz CT molecular complexity index is 380. The van der Waals surface area contributed by atoms with Gasteiger partial charge in [0.25, 0.3) is 0 Å². The Morgan fingerprint density at radius 2 is 2.00 bits per heavy atom. The molecule has 0 aliphatic carbocycles. The molecule has 0 spiro atoms. The first-order valence-corrected chi connectivity index (χ1v) is 5.96. The number of nitrogens with two attached hydrogens (primary N) is 2. The molecule has 92 valence electrons. The van der Waals surface area contributed by atoms with E-state index in [0.717, 1.165) is 19.6 Å². The molecule has 17 heavy (non-hydrogen) atoms. The zero-order valence-corrected chi connectivity index (χ0v) is 9.88. The number of likely N-dealkylation sites (tertiary alicyclic amines) is 1. The molecule has 1 aliphatic rings. The van der Waals surface area contributed by atoms with Crippen LogP contribution in [0.5, 0.6) is 0 Å². The largest absolute Gasteiger partial charge is 0.369 e. The number of hydrogen-bond donors (Lipinski definition) is 2. The molecule has 2 atom stereocenters. The molecule has 4 nitrogen and oxygen atoms in total. The highest BCUT2D eigenvalue weighted by Crippen LogP contribution is 2.23. The van der Waals surface area contributed by atoms with Gasteiger partial charge in [-0.05, 0) is 18.0 Å². The molecule has 0 unspecified atom stereocenters. The Kier molecular flexibility index (Phi) is 3.76. The molecule has 0 aromatic heterocycles. The van der Waals surface area contributed by atoms with Crippen LogP contribution >= 0.6 is 0 Å². The van der Waals surface area contributed by atoms with Gasteiger partial charge in [0.1, 0.15) is 0 Å². The van der Waals surface area contributed by atoms with E-state index in [9.17, 15) is 4.79 Å². The summed E-state index contributed by atoms with van der Waals surface area (Å²) in [5.41, 5.74) is 12.3. The lowest BCUT2D eigenvalue weighted by atomic mass is 9.96. The zero-order valence-electron chi connectivity index (χ0n) is 9.88. The fraction of sp³-hybridized carbons (Fsp3) is 0.462. The van der Waals surface area contributed by atoms with Gasteiger partial charge in [-0.2, -0.15) is 0 Å². The lowest BCUT2D eigenvalue weighted by Crippen LogP contribution is -2.32. The van der Waals surface area contributed by atoms with Crippen LogP contribution in [0.2, 0.25) is 0 Å². The smallest absolute Gasteiger partial charge is 0.222 e. The molecule has 4 heteroatoms. The van der Waals surface area contributed by atoms with E-state index in [0.29, 0.717) is 6.54 Å². The van der Waals surface area contributed by atoms with Crippen LogP contribution in [0.3, 0.4) is 0 Å². The summed E-state index contributed by atoms with van der Waals surface area (Å²) in [6.45, 7) is 2.98. The minimum atomic E-state index is -0.226. The van der Waals surface area contributed by atoms with Crippen LogP contribution in [0.15, 0.2) is 30.3 Å². The lowest BCUT2D eigenvalue weighted by Gasteiger charge is -2.15. The molecular weight excluding hydrogens is 214 g/mol. The van der Waals surface area contributed by atoms with E-state index < -0.39 is 0 Å². The second-order valence-electron chi connectivity index (χ2n) is 4.68. The van der Waals surface area contributed by atoms with Crippen molar-refractivity contribution in [3.8, 4) is 0 Å². The van der Waals surface area contributed by atoms with E-state index in [1.807, 2.05) is 18.2 Å². The van der Waals surface area contributed by atoms with Gasteiger partial charge in [-0.25, -0.2) is 0 Å². The third kappa shape index (κ3) is 2.84. The minimum absolute atomic E-state index is 0.0938. The van der Waals surface area contributed by atoms with Gasteiger partial charge >= 0.3 is 0 Å². The van der Waals surface area contributed by atoms with Crippen molar-refractivity contribution in [1.82, 2.24) is 4.90 Å². The maximum atomic E-state index is 11.3. The maximum absolute atomic E-state index is 11.3. The number of carbonyl (C=O) groups excluding carboxylic acids is 1. The van der Waals surface area contributed by atoms with Crippen molar-refractivity contribution in [3.05, 3.63) is 35.9 Å². The zero-order chi connectivity index (χ0) is 12.3. The van der Waals surface area contributed by atoms with Gasteiger partial charge in [-0.3, -0.25) is 9.69 Å². The third-order valence-electron chi connectivity index (χ3n) is 3.43. The molecule has 2 rings (SSSR count). The van der Waals surface area contributed by atoms with Crippen LogP contribution in [0, 0.1) is 11.8 Å². The highest BCUT2D eigenvalue weighted by atomic mass is 16.1. The molecule has 0 radical (unpaired) electrons. The fourth-order valence-electron chi connectivity index (χ4n) is 2.49. The first kappa shape index (κ1) is 12.1. The van der Waals surface area contributed by atoms with Crippen molar-refractivity contribution in [1.29, 1.82) is 0 Å². The molecule has 1 aromatic rings. The minimum Gasteiger partial charge on any atom is -0.369 e. The fourth-order valence-corrected chi connectivity index (χ4v) is 2.49. The third-order valence-corrected chi connectivity index (χ3v) is 3.43. The summed E-state index contributed by atoms with van der Waals surface area (Å²) in [6.07, 6.45) is 0. The monoisotopic (exact) mass is 233 g/mol. The molecule has 1 aromatic carbocycles. The predicted octanol–water partition coefficient (Wildman–Crippen LogP) is 0.179. The van der Waals surface area contributed by atoms with Gasteiger partial charge in [0.15, 0.2) is 0 Å². The summed E-state index contributed by atoms with van der Waals surface area (Å²) in [5, 5.41) is 0. The Morgan fingerprint density at radius 3 is 2.53 bits per heavy atom. The van der Waals surface area contributed by atoms with Gasteiger partial charge in [-0.15, -0.1) is 0 Å². The number of nitrogens with zero attached hydrogens (tertiary/aromatic N) is 1. The standard InChI is InChI=1S/C13H19N3O/c14-6-11-8-16(9-12(11)13(15)17)7-10-4-2-1-3-5-10/h1-5,11-12H,6-9,14H2,(H2,15,17)/t11-,12+/m1/s1. The molecule has 4 N–H and O–H groups in total. The number of carbonyl (C=O) groups is 1. The van der Waals surface area contributed by atoms with E-state index in [1.54, 1.807) is 0 Å². The molecule has 1 heterocycles. The second-order valence-corrected chi connectivity index (χ2v) is 4.68. The second kappa shape index (κ2) is 5.29. The molecule has 1 amide bonds. The van der Waals surface area contributed by atoms with Crippen LogP contribution in [0.25, 0.3) is 0 Å². The van der Waals surface area contributed by atoms with Gasteiger partial charge in [0.2, 0.25) is 5.91 Å². The first-order chi connectivity index (χ1) is 8.20. The van der Waals surface area contributed by atoms with Crippen LogP contribution in [0.1, 0.15) is 5.56 Å². The van der Waals surface area contributed by atoms with Crippen LogP contribution in [0.4, 0.5) is 0 Å². The first-order valence-electron chi connectivity index (χ1n) is 5.96. The molecule has 1 saturated heterocycles. The van der Waals surface area contributed by atoms with Gasteiger partial charge in [-0.1, -0.05) is 30.3 Å². The number of hydrogen-bond acceptors (Lipinski definition) is 3. The highest BCUT2D eigenvalue weighted by Gasteiger charge is 2.35. The van der Waals surface area contributed by atoms with Crippen molar-refractivity contribution in [2.24, 2.45) is 23.3 Å². The van der Waals surface area contributed by atoms with E-state index >= 15 is 0 Å². The Labute approximate surface area is 102 Å². The normalized spacial score (nSPS) is 25.0. The Morgan fingerprint density at radius 1 is 1.29 bits per heavy atom. The van der Waals surface area contributed by atoms with Crippen LogP contribution < -0.4 is 11.5 Å². The summed E-state index contributed by atoms with van der Waals surface area (Å²) in [7, 11) is 0. The van der Waals surface area contributed by atoms with Crippen LogP contribution in [-0.4, -0.2) is 30.4 Å². The lowest BCUT2D eigenvalue weighted by molar-refractivity contribution is -0.122. The summed E-state index contributed by atoms with van der Waals surface area (Å²) < 4.78 is 0. The van der Waals surface area contributed by atoms with Crippen molar-refractivity contribution in [2.45, 2.75) is 6.54 Å². The van der Waals surface area contributed by atoms with E-state index in [1.165, 1.54) is 5.56 Å². The van der Waals surface area contributed by atoms with E-state index in [2.05, 4.69) is 17.0 Å². The number of primary amides is 1. The van der Waals surface area contributed by atoms with Gasteiger partial charge in [0, 0.05) is 19.6 Å². The Hall–Kier alpha value is -1.39. The summed E-state index contributed by atoms with van der Waals surface area (Å²) in [4.78, 5) is 13.6. The van der Waals surface area contributed by atoms with E-state index in [4.69, 9.17) is 11.5 Å². The summed E-state index contributed by atoms with van der Waals surface area (Å²) in [5.74, 6) is -0.115. The summed E-state index contributed by atoms with van der Waals surface area (Å²) in [6, 6.07) is 10.2. The average molecular weight is 233 g/mol. The quantitative estimate of drug-likeness (QED) is 0.779. The molecule has 0 saturated carbocycles. The Balaban J connectivity index is 1.99. The number of amides is 1. The van der Waals surface area contributed by atoms with Crippen molar-refractivity contribution in [3.63, 3.8) is 0 Å². The molecule has 1 aliphatic heterocycles. The molecular formula is C13H19N3O. The predicted molar refractivity (Wildman–Crippen MR) is 66.9 cm³/mol. The molecule has 0 bridgehead atoms. The summed E-state index contributed by atoms with van der Waals surface area (Å²) >= 11 is 0. The van der Waals surface area contributed by atoms with Crippen molar-refractivity contribution < 1.29 is 4.79 Å². The van der Waals surface area contributed by atoms with Gasteiger partial charge in [0.05, 0.1) is 5.92 Å². The maximum Gasteiger partial charge on any atom is 0.222 e. The number of benzene rings is 1. The van der Waals surface area contributed by atoms with Crippen LogP contribution in [-0.2, 0) is 11.3 Å². The number of rotatable bonds is 4. The topological polar surface area (TPSA) is 72.3 Å². The van der Waals surface area contributed by atoms with E-state index in [-0.39, 0.29) is 17.7 Å². The molecule has 1 fully saturated rings.